The molecule has 1 atom stereocenters. The van der Waals surface area contributed by atoms with Crippen molar-refractivity contribution >= 4 is 10.0 Å². The smallest absolute Gasteiger partial charge is 0.241 e. The average Bonchev–Trinajstić information content (AvgIpc) is 2.61. The van der Waals surface area contributed by atoms with Gasteiger partial charge in [-0.2, -0.15) is 0 Å². The molecule has 0 fully saturated rings. The molecule has 2 aromatic rings. The number of aryl methyl sites for hydroxylation is 1. The Hall–Kier alpha value is -2.12. The number of nitrogens with one attached hydrogen (secondary N) is 1. The molecule has 0 aromatic heterocycles. The predicted octanol–water partition coefficient (Wildman–Crippen LogP) is 3.58. The van der Waals surface area contributed by atoms with Crippen molar-refractivity contribution in [2.24, 2.45) is 0 Å². The molecule has 0 bridgehead atoms. The van der Waals surface area contributed by atoms with E-state index in [1.54, 1.807) is 18.2 Å². The highest BCUT2D eigenvalue weighted by molar-refractivity contribution is 7.89. The summed E-state index contributed by atoms with van der Waals surface area (Å²) in [5, 5.41) is 0. The first-order valence-corrected chi connectivity index (χ1v) is 9.31. The van der Waals surface area contributed by atoms with E-state index in [-0.39, 0.29) is 10.5 Å². The Labute approximate surface area is 147 Å². The van der Waals surface area contributed by atoms with Crippen molar-refractivity contribution in [3.8, 4) is 11.5 Å². The molecule has 25 heavy (non-hydrogen) atoms. The van der Waals surface area contributed by atoms with E-state index >= 15 is 0 Å². The molecule has 2 rings (SSSR count). The first-order chi connectivity index (χ1) is 11.8. The van der Waals surface area contributed by atoms with E-state index in [9.17, 15) is 12.8 Å². The lowest BCUT2D eigenvalue weighted by Crippen LogP contribution is -2.28. The van der Waals surface area contributed by atoms with Gasteiger partial charge < -0.3 is 9.47 Å². The Morgan fingerprint density at radius 3 is 2.32 bits per heavy atom. The lowest BCUT2D eigenvalue weighted by atomic mass is 10.1. The van der Waals surface area contributed by atoms with Gasteiger partial charge in [0, 0.05) is 6.04 Å². The van der Waals surface area contributed by atoms with Crippen LogP contribution >= 0.6 is 0 Å². The Kier molecular flexibility index (Phi) is 6.02. The molecule has 7 heteroatoms. The van der Waals surface area contributed by atoms with Crippen LogP contribution < -0.4 is 14.2 Å². The molecule has 0 radical (unpaired) electrons. The molecular formula is C18H22FNO4S. The van der Waals surface area contributed by atoms with Crippen LogP contribution in [0.4, 0.5) is 4.39 Å². The average molecular weight is 367 g/mol. The van der Waals surface area contributed by atoms with Crippen LogP contribution in [0.5, 0.6) is 11.5 Å². The van der Waals surface area contributed by atoms with E-state index in [2.05, 4.69) is 4.72 Å². The lowest BCUT2D eigenvalue weighted by molar-refractivity contribution is 0.354. The molecule has 0 saturated carbocycles. The maximum Gasteiger partial charge on any atom is 0.241 e. The van der Waals surface area contributed by atoms with E-state index in [4.69, 9.17) is 9.47 Å². The van der Waals surface area contributed by atoms with Gasteiger partial charge >= 0.3 is 0 Å². The lowest BCUT2D eigenvalue weighted by Gasteiger charge is -2.19. The number of ether oxygens (including phenoxy) is 2. The summed E-state index contributed by atoms with van der Waals surface area (Å²) in [5.74, 6) is 0.652. The molecule has 5 nitrogen and oxygen atoms in total. The zero-order valence-electron chi connectivity index (χ0n) is 14.7. The van der Waals surface area contributed by atoms with Gasteiger partial charge in [0.1, 0.15) is 5.82 Å². The highest BCUT2D eigenvalue weighted by Crippen LogP contribution is 2.31. The number of rotatable bonds is 7. The fourth-order valence-electron chi connectivity index (χ4n) is 2.50. The summed E-state index contributed by atoms with van der Waals surface area (Å²) in [4.78, 5) is 0.0327. The third kappa shape index (κ3) is 4.29. The minimum absolute atomic E-state index is 0.0327. The number of methoxy groups -OCH3 is 2. The topological polar surface area (TPSA) is 64.6 Å². The third-order valence-corrected chi connectivity index (χ3v) is 5.42. The van der Waals surface area contributed by atoms with Gasteiger partial charge in [-0.05, 0) is 54.8 Å². The highest BCUT2D eigenvalue weighted by atomic mass is 32.2. The van der Waals surface area contributed by atoms with Crippen LogP contribution in [0, 0.1) is 12.7 Å². The van der Waals surface area contributed by atoms with Gasteiger partial charge in [0.25, 0.3) is 0 Å². The van der Waals surface area contributed by atoms with Crippen molar-refractivity contribution in [2.75, 3.05) is 14.2 Å². The normalized spacial score (nSPS) is 12.7. The minimum atomic E-state index is -3.78. The zero-order valence-corrected chi connectivity index (χ0v) is 15.5. The number of hydrogen-bond acceptors (Lipinski definition) is 4. The number of benzene rings is 2. The summed E-state index contributed by atoms with van der Waals surface area (Å²) < 4.78 is 51.8. The van der Waals surface area contributed by atoms with Crippen LogP contribution in [0.25, 0.3) is 0 Å². The molecule has 0 saturated heterocycles. The predicted molar refractivity (Wildman–Crippen MR) is 94.0 cm³/mol. The first-order valence-electron chi connectivity index (χ1n) is 7.82. The standard InChI is InChI=1S/C18H22FNO4S/c1-5-16(13-6-9-17(23-3)18(11-13)24-4)20-25(21,22)14-7-8-15(19)12(2)10-14/h6-11,16,20H,5H2,1-4H3. The summed E-state index contributed by atoms with van der Waals surface area (Å²) in [6.07, 6.45) is 0.537. The summed E-state index contributed by atoms with van der Waals surface area (Å²) in [7, 11) is -0.725. The van der Waals surface area contributed by atoms with Gasteiger partial charge in [0.15, 0.2) is 11.5 Å². The Bertz CT molecular complexity index is 852. The van der Waals surface area contributed by atoms with Crippen LogP contribution in [-0.4, -0.2) is 22.6 Å². The van der Waals surface area contributed by atoms with Gasteiger partial charge in [0.2, 0.25) is 10.0 Å². The molecular weight excluding hydrogens is 345 g/mol. The van der Waals surface area contributed by atoms with Crippen LogP contribution in [0.1, 0.15) is 30.5 Å². The second-order valence-electron chi connectivity index (χ2n) is 5.61. The van der Waals surface area contributed by atoms with Crippen molar-refractivity contribution in [1.82, 2.24) is 4.72 Å². The fourth-order valence-corrected chi connectivity index (χ4v) is 3.89. The van der Waals surface area contributed by atoms with E-state index in [0.717, 1.165) is 11.6 Å². The largest absolute Gasteiger partial charge is 0.493 e. The summed E-state index contributed by atoms with van der Waals surface area (Å²) >= 11 is 0. The van der Waals surface area contributed by atoms with Crippen molar-refractivity contribution in [3.05, 3.63) is 53.3 Å². The second kappa shape index (κ2) is 7.84. The van der Waals surface area contributed by atoms with Gasteiger partial charge in [-0.15, -0.1) is 0 Å². The van der Waals surface area contributed by atoms with Gasteiger partial charge in [0.05, 0.1) is 19.1 Å². The number of hydrogen-bond donors (Lipinski definition) is 1. The quantitative estimate of drug-likeness (QED) is 0.812. The zero-order chi connectivity index (χ0) is 18.6. The number of halogens is 1. The Morgan fingerprint density at radius 2 is 1.76 bits per heavy atom. The molecule has 2 aromatic carbocycles. The molecule has 0 aliphatic rings. The SMILES string of the molecule is CCC(NS(=O)(=O)c1ccc(F)c(C)c1)c1ccc(OC)c(OC)c1. The van der Waals surface area contributed by atoms with Crippen molar-refractivity contribution in [3.63, 3.8) is 0 Å². The molecule has 1 N–H and O–H groups in total. The van der Waals surface area contributed by atoms with Crippen LogP contribution in [0.3, 0.4) is 0 Å². The Morgan fingerprint density at radius 1 is 1.08 bits per heavy atom. The van der Waals surface area contributed by atoms with Gasteiger partial charge in [-0.25, -0.2) is 17.5 Å². The fraction of sp³-hybridized carbons (Fsp3) is 0.333. The third-order valence-electron chi connectivity index (χ3n) is 3.96. The minimum Gasteiger partial charge on any atom is -0.493 e. The molecule has 0 aliphatic heterocycles. The van der Waals surface area contributed by atoms with Crippen LogP contribution in [0.15, 0.2) is 41.3 Å². The number of sulfonamides is 1. The summed E-state index contributed by atoms with van der Waals surface area (Å²) in [6, 6.07) is 8.54. The summed E-state index contributed by atoms with van der Waals surface area (Å²) in [5.41, 5.74) is 1.03. The van der Waals surface area contributed by atoms with Crippen LogP contribution in [0.2, 0.25) is 0 Å². The van der Waals surface area contributed by atoms with E-state index in [0.29, 0.717) is 17.9 Å². The van der Waals surface area contributed by atoms with Gasteiger partial charge in [-0.1, -0.05) is 13.0 Å². The maximum absolute atomic E-state index is 13.4. The molecule has 0 heterocycles. The van der Waals surface area contributed by atoms with E-state index in [1.807, 2.05) is 6.92 Å². The van der Waals surface area contributed by atoms with Crippen molar-refractivity contribution in [2.45, 2.75) is 31.2 Å². The van der Waals surface area contributed by atoms with Gasteiger partial charge in [-0.3, -0.25) is 0 Å². The first kappa shape index (κ1) is 19.2. The molecule has 0 amide bonds. The molecule has 0 aliphatic carbocycles. The molecule has 0 spiro atoms. The Balaban J connectivity index is 2.33. The van der Waals surface area contributed by atoms with Crippen molar-refractivity contribution < 1.29 is 22.3 Å². The van der Waals surface area contributed by atoms with E-state index < -0.39 is 21.9 Å². The second-order valence-corrected chi connectivity index (χ2v) is 7.32. The monoisotopic (exact) mass is 367 g/mol. The summed E-state index contributed by atoms with van der Waals surface area (Å²) in [6.45, 7) is 3.40. The van der Waals surface area contributed by atoms with E-state index in [1.165, 1.54) is 33.3 Å². The van der Waals surface area contributed by atoms with Crippen molar-refractivity contribution in [1.29, 1.82) is 0 Å². The highest BCUT2D eigenvalue weighted by Gasteiger charge is 2.22. The van der Waals surface area contributed by atoms with Crippen LogP contribution in [-0.2, 0) is 10.0 Å². The maximum atomic E-state index is 13.4. The molecule has 136 valence electrons. The molecule has 1 unspecified atom stereocenters.